The lowest BCUT2D eigenvalue weighted by atomic mass is 10.2. The van der Waals surface area contributed by atoms with E-state index in [0.717, 1.165) is 11.3 Å². The maximum Gasteiger partial charge on any atom is 0.210 e. The van der Waals surface area contributed by atoms with E-state index in [0.29, 0.717) is 39.1 Å². The molecular weight excluding hydrogens is 371 g/mol. The second kappa shape index (κ2) is 7.38. The molecule has 0 atom stereocenters. The van der Waals surface area contributed by atoms with Crippen molar-refractivity contribution in [2.24, 2.45) is 0 Å². The Kier molecular flexibility index (Phi) is 5.23. The van der Waals surface area contributed by atoms with Gasteiger partial charge in [-0.3, -0.25) is 0 Å². The van der Waals surface area contributed by atoms with Gasteiger partial charge in [0.05, 0.1) is 23.5 Å². The van der Waals surface area contributed by atoms with Gasteiger partial charge in [0.25, 0.3) is 0 Å². The molecular formula is C15H14Cl2N4O2S. The third-order valence-corrected chi connectivity index (χ3v) is 4.67. The number of hydrogen-bond donors (Lipinski definition) is 1. The van der Waals surface area contributed by atoms with Crippen LogP contribution in [0.15, 0.2) is 40.1 Å². The highest BCUT2D eigenvalue weighted by Gasteiger charge is 2.15. The minimum absolute atomic E-state index is 0.443. The van der Waals surface area contributed by atoms with E-state index in [1.165, 1.54) is 16.4 Å². The fourth-order valence-corrected chi connectivity index (χ4v) is 3.19. The Morgan fingerprint density at radius 1 is 1.29 bits per heavy atom. The predicted octanol–water partition coefficient (Wildman–Crippen LogP) is 4.04. The summed E-state index contributed by atoms with van der Waals surface area (Å²) < 4.78 is 12.3. The first kappa shape index (κ1) is 17.0. The van der Waals surface area contributed by atoms with Crippen molar-refractivity contribution >= 4 is 35.0 Å². The first-order valence-electron chi connectivity index (χ1n) is 7.02. The van der Waals surface area contributed by atoms with Gasteiger partial charge in [-0.25, -0.2) is 4.68 Å². The molecule has 6 nitrogen and oxygen atoms in total. The summed E-state index contributed by atoms with van der Waals surface area (Å²) in [5.74, 6) is 8.58. The summed E-state index contributed by atoms with van der Waals surface area (Å²) >= 11 is 13.3. The van der Waals surface area contributed by atoms with Gasteiger partial charge in [-0.05, 0) is 31.2 Å². The normalized spacial score (nSPS) is 11.0. The van der Waals surface area contributed by atoms with Crippen LogP contribution in [0.25, 0.3) is 11.4 Å². The molecule has 2 heterocycles. The Morgan fingerprint density at radius 3 is 2.83 bits per heavy atom. The van der Waals surface area contributed by atoms with Crippen LogP contribution in [0, 0.1) is 6.92 Å². The van der Waals surface area contributed by atoms with Crippen LogP contribution < -0.4 is 10.6 Å². The second-order valence-electron chi connectivity index (χ2n) is 4.84. The zero-order valence-electron chi connectivity index (χ0n) is 12.7. The molecule has 0 saturated carbocycles. The maximum absolute atomic E-state index is 6.05. The average Bonchev–Trinajstić information content (AvgIpc) is 3.11. The van der Waals surface area contributed by atoms with E-state index in [1.807, 2.05) is 13.0 Å². The van der Waals surface area contributed by atoms with E-state index < -0.39 is 0 Å². The average molecular weight is 385 g/mol. The quantitative estimate of drug-likeness (QED) is 0.392. The number of nitrogen functional groups attached to an aromatic ring is 1. The molecule has 2 N–H and O–H groups in total. The number of aryl methyl sites for hydroxylation is 1. The van der Waals surface area contributed by atoms with Gasteiger partial charge in [0, 0.05) is 10.8 Å². The lowest BCUT2D eigenvalue weighted by molar-refractivity contribution is 0.344. The molecule has 0 unspecified atom stereocenters. The summed E-state index contributed by atoms with van der Waals surface area (Å²) in [6.45, 7) is 2.29. The van der Waals surface area contributed by atoms with Gasteiger partial charge in [-0.1, -0.05) is 35.0 Å². The Hall–Kier alpha value is -1.83. The topological polar surface area (TPSA) is 79.1 Å². The lowest BCUT2D eigenvalue weighted by Crippen LogP contribution is -2.12. The third-order valence-electron chi connectivity index (χ3n) is 3.23. The first-order chi connectivity index (χ1) is 11.6. The van der Waals surface area contributed by atoms with Gasteiger partial charge in [-0.2, -0.15) is 0 Å². The number of nitrogens with two attached hydrogens (primary N) is 1. The Morgan fingerprint density at radius 2 is 2.12 bits per heavy atom. The van der Waals surface area contributed by atoms with Gasteiger partial charge in [0.2, 0.25) is 5.16 Å². The molecule has 0 aliphatic rings. The summed E-state index contributed by atoms with van der Waals surface area (Å²) in [5.41, 5.74) is 0.820. The Bertz CT molecular complexity index is 850. The van der Waals surface area contributed by atoms with Crippen molar-refractivity contribution < 1.29 is 9.15 Å². The predicted molar refractivity (Wildman–Crippen MR) is 95.3 cm³/mol. The zero-order chi connectivity index (χ0) is 17.1. The van der Waals surface area contributed by atoms with Crippen LogP contribution >= 0.6 is 35.0 Å². The van der Waals surface area contributed by atoms with E-state index >= 15 is 0 Å². The van der Waals surface area contributed by atoms with Gasteiger partial charge < -0.3 is 15.0 Å². The van der Waals surface area contributed by atoms with Crippen molar-refractivity contribution in [1.29, 1.82) is 0 Å². The van der Waals surface area contributed by atoms with Crippen molar-refractivity contribution in [2.45, 2.75) is 12.1 Å². The Labute approximate surface area is 152 Å². The molecule has 1 aromatic carbocycles. The number of ether oxygens (including phenoxy) is 1. The Balaban J connectivity index is 1.58. The molecule has 9 heteroatoms. The summed E-state index contributed by atoms with van der Waals surface area (Å²) in [6, 6.07) is 6.91. The first-order valence-corrected chi connectivity index (χ1v) is 8.76. The number of thioether (sulfide) groups is 1. The molecule has 0 bridgehead atoms. The molecule has 0 amide bonds. The standard InChI is InChI=1S/C15H14Cl2N4O2S/c1-9-11(4-5-22-9)14-19-20-15(21(14)18)24-7-6-23-13-3-2-10(16)8-12(13)17/h2-5,8H,6-7,18H2,1H3. The van der Waals surface area contributed by atoms with Crippen molar-refractivity contribution in [2.75, 3.05) is 18.2 Å². The molecule has 3 rings (SSSR count). The van der Waals surface area contributed by atoms with Crippen LogP contribution in [0.5, 0.6) is 5.75 Å². The number of nitrogens with zero attached hydrogens (tertiary/aromatic N) is 3. The number of halogens is 2. The molecule has 2 aromatic heterocycles. The molecule has 0 radical (unpaired) electrons. The van der Waals surface area contributed by atoms with Crippen LogP contribution in [0.3, 0.4) is 0 Å². The minimum Gasteiger partial charge on any atom is -0.491 e. The maximum atomic E-state index is 6.05. The number of aromatic nitrogens is 3. The van der Waals surface area contributed by atoms with Crippen LogP contribution in [-0.4, -0.2) is 27.2 Å². The fraction of sp³-hybridized carbons (Fsp3) is 0.200. The summed E-state index contributed by atoms with van der Waals surface area (Å²) in [6.07, 6.45) is 1.59. The molecule has 0 fully saturated rings. The van der Waals surface area contributed by atoms with Crippen LogP contribution in [0.2, 0.25) is 10.0 Å². The number of rotatable bonds is 6. The number of furan rings is 1. The molecule has 126 valence electrons. The largest absolute Gasteiger partial charge is 0.491 e. The summed E-state index contributed by atoms with van der Waals surface area (Å²) in [7, 11) is 0. The number of benzene rings is 1. The molecule has 0 aliphatic carbocycles. The van der Waals surface area contributed by atoms with Crippen molar-refractivity contribution in [3.05, 3.63) is 46.3 Å². The van der Waals surface area contributed by atoms with Crippen molar-refractivity contribution in [1.82, 2.24) is 14.9 Å². The molecule has 24 heavy (non-hydrogen) atoms. The van der Waals surface area contributed by atoms with E-state index in [-0.39, 0.29) is 0 Å². The zero-order valence-corrected chi connectivity index (χ0v) is 15.0. The van der Waals surface area contributed by atoms with Crippen molar-refractivity contribution in [3.8, 4) is 17.1 Å². The van der Waals surface area contributed by atoms with Crippen LogP contribution in [-0.2, 0) is 0 Å². The van der Waals surface area contributed by atoms with Crippen LogP contribution in [0.1, 0.15) is 5.76 Å². The van der Waals surface area contributed by atoms with E-state index in [9.17, 15) is 0 Å². The van der Waals surface area contributed by atoms with E-state index in [2.05, 4.69) is 10.2 Å². The highest BCUT2D eigenvalue weighted by Crippen LogP contribution is 2.28. The SMILES string of the molecule is Cc1occc1-c1nnc(SCCOc2ccc(Cl)cc2Cl)n1N. The van der Waals surface area contributed by atoms with Crippen molar-refractivity contribution in [3.63, 3.8) is 0 Å². The van der Waals surface area contributed by atoms with E-state index in [1.54, 1.807) is 24.5 Å². The molecule has 0 aliphatic heterocycles. The number of hydrogen-bond acceptors (Lipinski definition) is 6. The second-order valence-corrected chi connectivity index (χ2v) is 6.74. The van der Waals surface area contributed by atoms with Gasteiger partial charge in [-0.15, -0.1) is 10.2 Å². The third kappa shape index (κ3) is 3.63. The highest BCUT2D eigenvalue weighted by molar-refractivity contribution is 7.99. The van der Waals surface area contributed by atoms with Gasteiger partial charge in [0.1, 0.15) is 11.5 Å². The van der Waals surface area contributed by atoms with Crippen LogP contribution in [0.4, 0.5) is 0 Å². The molecule has 0 spiro atoms. The molecule has 3 aromatic rings. The lowest BCUT2D eigenvalue weighted by Gasteiger charge is -2.08. The van der Waals surface area contributed by atoms with Gasteiger partial charge >= 0.3 is 0 Å². The smallest absolute Gasteiger partial charge is 0.210 e. The minimum atomic E-state index is 0.443. The summed E-state index contributed by atoms with van der Waals surface area (Å²) in [4.78, 5) is 0. The highest BCUT2D eigenvalue weighted by atomic mass is 35.5. The summed E-state index contributed by atoms with van der Waals surface area (Å²) in [5, 5.41) is 9.85. The molecule has 0 saturated heterocycles. The van der Waals surface area contributed by atoms with E-state index in [4.69, 9.17) is 38.2 Å². The van der Waals surface area contributed by atoms with Gasteiger partial charge in [0.15, 0.2) is 5.82 Å². The monoisotopic (exact) mass is 384 g/mol. The fourth-order valence-electron chi connectivity index (χ4n) is 2.05.